The van der Waals surface area contributed by atoms with Gasteiger partial charge >= 0.3 is 11.9 Å². The lowest BCUT2D eigenvalue weighted by Gasteiger charge is -2.21. The van der Waals surface area contributed by atoms with Crippen molar-refractivity contribution in [2.45, 2.75) is 72.1 Å². The Morgan fingerprint density at radius 1 is 1.04 bits per heavy atom. The Hall–Kier alpha value is -4.24. The summed E-state index contributed by atoms with van der Waals surface area (Å²) < 4.78 is 10.3. The van der Waals surface area contributed by atoms with Gasteiger partial charge in [0, 0.05) is 57.3 Å². The Kier molecular flexibility index (Phi) is 7.93. The number of aliphatic hydroxyl groups excluding tert-OH is 1. The summed E-state index contributed by atoms with van der Waals surface area (Å²) in [7, 11) is 2.75. The molecule has 6 rings (SSSR count). The fraction of sp³-hybridized carbons (Fsp3) is 0.444. The predicted octanol–water partition coefficient (Wildman–Crippen LogP) is 3.23. The highest BCUT2D eigenvalue weighted by Crippen LogP contribution is 2.52. The van der Waals surface area contributed by atoms with Crippen LogP contribution in [0.5, 0.6) is 0 Å². The second-order valence-electron chi connectivity index (χ2n) is 12.7. The maximum absolute atomic E-state index is 13.4. The molecule has 5 N–H and O–H groups in total. The van der Waals surface area contributed by atoms with Crippen LogP contribution in [0.2, 0.25) is 0 Å². The van der Waals surface area contributed by atoms with Crippen LogP contribution in [-0.4, -0.2) is 53.3 Å². The third-order valence-corrected chi connectivity index (χ3v) is 10.5. The van der Waals surface area contributed by atoms with Crippen molar-refractivity contribution < 1.29 is 24.2 Å². The van der Waals surface area contributed by atoms with Crippen molar-refractivity contribution in [2.75, 3.05) is 14.2 Å². The zero-order chi connectivity index (χ0) is 32.3. The van der Waals surface area contributed by atoms with E-state index < -0.39 is 18.0 Å². The standard InChI is InChI=1S/C36H44N4O5/c1-9-20-16(3)23-13-25-18(5)22(11-12-29(41)44-7)33(39-25)31-32(36(43)45-8)35(42)30-19(6)26(40-34(30)31)15-28-21(10-2)17(4)24(38-28)14-27(20)37-23/h9,13-15,18,22,25,27,32,35,37-40,42H,1,10-12H2,2-8H3/b23-13-,24-14-,28-15-,33-31-/t18-,22-,25?,27?,32+,35?/m0/s1. The molecule has 2 aromatic rings. The second-order valence-corrected chi connectivity index (χ2v) is 12.7. The molecule has 3 unspecified atom stereocenters. The number of carbonyl (C=O) groups excluding carboxylic acids is 2. The smallest absolute Gasteiger partial charge is 0.316 e. The molecule has 5 heterocycles. The molecule has 1 aliphatic carbocycles. The third-order valence-electron chi connectivity index (χ3n) is 10.5. The maximum Gasteiger partial charge on any atom is 0.316 e. The summed E-state index contributed by atoms with van der Waals surface area (Å²) in [5.74, 6) is -1.74. The van der Waals surface area contributed by atoms with E-state index in [-0.39, 0.29) is 36.3 Å². The van der Waals surface area contributed by atoms with Gasteiger partial charge in [-0.1, -0.05) is 26.5 Å². The van der Waals surface area contributed by atoms with Crippen LogP contribution in [0.15, 0.2) is 41.3 Å². The molecule has 4 aliphatic rings. The molecule has 8 bridgehead atoms. The summed E-state index contributed by atoms with van der Waals surface area (Å²) in [6.45, 7) is 14.7. The number of ether oxygens (including phenoxy) is 2. The number of rotatable bonds is 6. The Labute approximate surface area is 263 Å². The summed E-state index contributed by atoms with van der Waals surface area (Å²) in [5.41, 5.74) is 10.4. The lowest BCUT2D eigenvalue weighted by Crippen LogP contribution is -2.29. The van der Waals surface area contributed by atoms with Crippen LogP contribution in [0.3, 0.4) is 0 Å². The van der Waals surface area contributed by atoms with Crippen molar-refractivity contribution in [1.29, 1.82) is 0 Å². The maximum atomic E-state index is 13.4. The van der Waals surface area contributed by atoms with Gasteiger partial charge in [0.25, 0.3) is 0 Å². The van der Waals surface area contributed by atoms with E-state index in [4.69, 9.17) is 9.47 Å². The average molecular weight is 613 g/mol. The first-order valence-electron chi connectivity index (χ1n) is 15.8. The van der Waals surface area contributed by atoms with Gasteiger partial charge in [0.05, 0.1) is 32.1 Å². The zero-order valence-electron chi connectivity index (χ0n) is 27.2. The van der Waals surface area contributed by atoms with Crippen LogP contribution in [-0.2, 0) is 25.5 Å². The fourth-order valence-corrected chi connectivity index (χ4v) is 7.94. The van der Waals surface area contributed by atoms with E-state index in [0.717, 1.165) is 56.6 Å². The van der Waals surface area contributed by atoms with Gasteiger partial charge in [0.1, 0.15) is 5.92 Å². The van der Waals surface area contributed by atoms with Crippen LogP contribution in [0, 0.1) is 31.6 Å². The number of aromatic amines is 2. The van der Waals surface area contributed by atoms with E-state index in [1.807, 2.05) is 13.0 Å². The monoisotopic (exact) mass is 612 g/mol. The zero-order valence-corrected chi connectivity index (χ0v) is 27.2. The highest BCUT2D eigenvalue weighted by atomic mass is 16.5. The molecule has 6 atom stereocenters. The molecule has 3 aliphatic heterocycles. The Morgan fingerprint density at radius 2 is 1.80 bits per heavy atom. The number of nitrogens with one attached hydrogen (secondary N) is 4. The summed E-state index contributed by atoms with van der Waals surface area (Å²) >= 11 is 0. The SMILES string of the molecule is C=CC1=C(C)/C2=C/C3N/C(=C4\c5[nH]c(c(C)c5C(O)[C@@H]4C(=O)OC)/C=c4\[nH]/c(c(C)c4CC)=C\C1N2)[C@@H](CCC(=O)OC)[C@@H]3C. The first kappa shape index (κ1) is 30.8. The predicted molar refractivity (Wildman–Crippen MR) is 174 cm³/mol. The lowest BCUT2D eigenvalue weighted by atomic mass is 9.83. The highest BCUT2D eigenvalue weighted by molar-refractivity contribution is 5.95. The van der Waals surface area contributed by atoms with E-state index in [1.54, 1.807) is 0 Å². The van der Waals surface area contributed by atoms with Crippen LogP contribution in [0.4, 0.5) is 0 Å². The van der Waals surface area contributed by atoms with Gasteiger partial charge in [0.2, 0.25) is 0 Å². The Balaban J connectivity index is 1.67. The minimum atomic E-state index is -1.08. The van der Waals surface area contributed by atoms with E-state index in [0.29, 0.717) is 17.6 Å². The fourth-order valence-electron chi connectivity index (χ4n) is 7.94. The highest BCUT2D eigenvalue weighted by Gasteiger charge is 2.49. The summed E-state index contributed by atoms with van der Waals surface area (Å²) in [4.78, 5) is 33.0. The largest absolute Gasteiger partial charge is 0.469 e. The van der Waals surface area contributed by atoms with Gasteiger partial charge in [-0.25, -0.2) is 0 Å². The van der Waals surface area contributed by atoms with E-state index in [9.17, 15) is 14.7 Å². The molecular weight excluding hydrogens is 568 g/mol. The molecule has 9 nitrogen and oxygen atoms in total. The van der Waals surface area contributed by atoms with Crippen molar-refractivity contribution in [3.63, 3.8) is 0 Å². The molecule has 2 aromatic heterocycles. The van der Waals surface area contributed by atoms with E-state index >= 15 is 0 Å². The van der Waals surface area contributed by atoms with Crippen LogP contribution < -0.4 is 21.3 Å². The van der Waals surface area contributed by atoms with Crippen molar-refractivity contribution in [2.24, 2.45) is 17.8 Å². The minimum Gasteiger partial charge on any atom is -0.469 e. The van der Waals surface area contributed by atoms with Crippen molar-refractivity contribution in [3.8, 4) is 0 Å². The summed E-state index contributed by atoms with van der Waals surface area (Å²) in [6.07, 6.45) is 9.01. The van der Waals surface area contributed by atoms with Crippen LogP contribution >= 0.6 is 0 Å². The van der Waals surface area contributed by atoms with Crippen molar-refractivity contribution >= 4 is 29.7 Å². The number of fused-ring (bicyclic) bond motifs is 7. The second kappa shape index (κ2) is 11.6. The normalized spacial score (nSPS) is 30.8. The topological polar surface area (TPSA) is 128 Å². The van der Waals surface area contributed by atoms with E-state index in [2.05, 4.69) is 73.1 Å². The Morgan fingerprint density at radius 3 is 2.47 bits per heavy atom. The number of esters is 2. The molecule has 0 amide bonds. The Bertz CT molecular complexity index is 1820. The minimum absolute atomic E-state index is 0.0582. The molecular formula is C36H44N4O5. The quantitative estimate of drug-likeness (QED) is 0.317. The molecule has 0 saturated carbocycles. The van der Waals surface area contributed by atoms with Crippen LogP contribution in [0.1, 0.15) is 73.4 Å². The van der Waals surface area contributed by atoms with Gasteiger partial charge in [-0.3, -0.25) is 9.59 Å². The molecule has 238 valence electrons. The van der Waals surface area contributed by atoms with Crippen molar-refractivity contribution in [1.82, 2.24) is 20.6 Å². The molecule has 0 spiro atoms. The number of aromatic nitrogens is 2. The number of allylic oxidation sites excluding steroid dienone is 2. The molecule has 9 heteroatoms. The molecule has 0 radical (unpaired) electrons. The van der Waals surface area contributed by atoms with Crippen molar-refractivity contribution in [3.05, 3.63) is 85.6 Å². The third kappa shape index (κ3) is 4.79. The number of hydrogen-bond acceptors (Lipinski definition) is 7. The molecule has 1 fully saturated rings. The van der Waals surface area contributed by atoms with Crippen LogP contribution in [0.25, 0.3) is 17.7 Å². The number of hydrogen-bond donors (Lipinski definition) is 5. The number of aliphatic hydroxyl groups is 1. The molecule has 45 heavy (non-hydrogen) atoms. The van der Waals surface area contributed by atoms with Gasteiger partial charge < -0.3 is 35.2 Å². The molecule has 1 saturated heterocycles. The number of carbonyl (C=O) groups is 2. The van der Waals surface area contributed by atoms with Gasteiger partial charge in [-0.2, -0.15) is 0 Å². The number of methoxy groups -OCH3 is 2. The molecule has 0 aromatic carbocycles. The first-order valence-corrected chi connectivity index (χ1v) is 15.8. The number of H-pyrrole nitrogens is 2. The first-order chi connectivity index (χ1) is 21.5. The average Bonchev–Trinajstić information content (AvgIpc) is 3.76. The summed E-state index contributed by atoms with van der Waals surface area (Å²) in [6, 6.07) is -0.172. The van der Waals surface area contributed by atoms with Gasteiger partial charge in [-0.05, 0) is 85.6 Å². The lowest BCUT2D eigenvalue weighted by molar-refractivity contribution is -0.146. The van der Waals surface area contributed by atoms with E-state index in [1.165, 1.54) is 25.3 Å². The van der Waals surface area contributed by atoms with Gasteiger partial charge in [0.15, 0.2) is 0 Å². The summed E-state index contributed by atoms with van der Waals surface area (Å²) in [5, 5.41) is 21.3. The van der Waals surface area contributed by atoms with Gasteiger partial charge in [-0.15, -0.1) is 0 Å².